The smallest absolute Gasteiger partial charge is 0.168 e. The van der Waals surface area contributed by atoms with Crippen molar-refractivity contribution < 1.29 is 14.4 Å². The van der Waals surface area contributed by atoms with Gasteiger partial charge >= 0.3 is 0 Å². The fraction of sp³-hybridized carbons (Fsp3) is 0.538. The third-order valence-electron chi connectivity index (χ3n) is 2.68. The molecule has 4 heteroatoms. The van der Waals surface area contributed by atoms with E-state index in [1.165, 1.54) is 0 Å². The molecule has 1 aliphatic carbocycles. The molecule has 0 aromatic rings. The van der Waals surface area contributed by atoms with Crippen LogP contribution in [0.3, 0.4) is 0 Å². The molecule has 4 nitrogen and oxygen atoms in total. The lowest BCUT2D eigenvalue weighted by Crippen LogP contribution is -2.29. The van der Waals surface area contributed by atoms with E-state index in [0.29, 0.717) is 31.6 Å². The van der Waals surface area contributed by atoms with Gasteiger partial charge in [-0.3, -0.25) is 19.9 Å². The van der Waals surface area contributed by atoms with E-state index in [1.807, 2.05) is 13.8 Å². The van der Waals surface area contributed by atoms with Crippen molar-refractivity contribution in [3.8, 4) is 0 Å². The molecule has 0 unspecified atom stereocenters. The molecule has 0 aromatic carbocycles. The number of carbonyl (C=O) groups excluding carboxylic acids is 2. The number of Topliss-reactive ketones (excluding diaryl/α,β-unsaturated/α-hetero) is 2. The summed E-state index contributed by atoms with van der Waals surface area (Å²) in [6, 6.07) is 0. The highest BCUT2D eigenvalue weighted by molar-refractivity contribution is 6.22. The molecule has 0 radical (unpaired) electrons. The molecule has 1 saturated carbocycles. The van der Waals surface area contributed by atoms with Crippen LogP contribution in [-0.4, -0.2) is 18.2 Å². The van der Waals surface area contributed by atoms with Crippen LogP contribution in [0.5, 0.6) is 0 Å². The van der Waals surface area contributed by atoms with Crippen molar-refractivity contribution in [3.05, 3.63) is 23.9 Å². The highest BCUT2D eigenvalue weighted by atomic mass is 16.6. The molecule has 0 bridgehead atoms. The van der Waals surface area contributed by atoms with Crippen LogP contribution >= 0.6 is 0 Å². The molecule has 17 heavy (non-hydrogen) atoms. The number of hydrogen-bond donors (Lipinski definition) is 1. The number of hydrogen-bond acceptors (Lipinski definition) is 4. The van der Waals surface area contributed by atoms with Crippen molar-refractivity contribution >= 4 is 11.6 Å². The normalized spacial score (nSPS) is 20.4. The van der Waals surface area contributed by atoms with E-state index in [-0.39, 0.29) is 23.1 Å². The van der Waals surface area contributed by atoms with Gasteiger partial charge in [-0.25, -0.2) is 0 Å². The fourth-order valence-electron chi connectivity index (χ4n) is 1.89. The van der Waals surface area contributed by atoms with Crippen LogP contribution in [0.15, 0.2) is 23.9 Å². The zero-order valence-electron chi connectivity index (χ0n) is 10.4. The maximum Gasteiger partial charge on any atom is 0.168 e. The molecular formula is C13H19NO3. The van der Waals surface area contributed by atoms with Crippen LogP contribution in [0.2, 0.25) is 0 Å². The first-order valence-electron chi connectivity index (χ1n) is 5.88. The number of carbonyl (C=O) groups is 2. The van der Waals surface area contributed by atoms with Crippen LogP contribution in [-0.2, 0) is 14.4 Å². The Hall–Kier alpha value is -1.42. The summed E-state index contributed by atoms with van der Waals surface area (Å²) in [7, 11) is 0. The number of rotatable bonds is 5. The lowest BCUT2D eigenvalue weighted by atomic mass is 9.84. The van der Waals surface area contributed by atoms with Gasteiger partial charge in [-0.15, -0.1) is 6.58 Å². The minimum absolute atomic E-state index is 0.0831. The van der Waals surface area contributed by atoms with Crippen molar-refractivity contribution in [2.24, 2.45) is 5.92 Å². The van der Waals surface area contributed by atoms with Gasteiger partial charge in [-0.1, -0.05) is 19.9 Å². The first-order valence-corrected chi connectivity index (χ1v) is 5.88. The topological polar surface area (TPSA) is 55.4 Å². The standard InChI is InChI=1S/C13H19NO3/c1-4-6-17-14-10(5-2)13-11(15)7-9(3)8-12(13)16/h4,9,14H,1,5-8H2,2-3H3. The van der Waals surface area contributed by atoms with Gasteiger partial charge in [0, 0.05) is 12.8 Å². The van der Waals surface area contributed by atoms with E-state index in [1.54, 1.807) is 6.08 Å². The first kappa shape index (κ1) is 13.6. The Morgan fingerprint density at radius 1 is 1.47 bits per heavy atom. The summed E-state index contributed by atoms with van der Waals surface area (Å²) in [4.78, 5) is 28.8. The summed E-state index contributed by atoms with van der Waals surface area (Å²) in [5.74, 6) is -0.0217. The molecule has 1 rings (SSSR count). The number of hydroxylamine groups is 1. The lowest BCUT2D eigenvalue weighted by molar-refractivity contribution is -0.125. The van der Waals surface area contributed by atoms with E-state index >= 15 is 0 Å². The lowest BCUT2D eigenvalue weighted by Gasteiger charge is -2.21. The quantitative estimate of drug-likeness (QED) is 0.261. The highest BCUT2D eigenvalue weighted by Crippen LogP contribution is 2.24. The van der Waals surface area contributed by atoms with Gasteiger partial charge in [0.15, 0.2) is 11.6 Å². The number of nitrogens with one attached hydrogen (secondary N) is 1. The minimum atomic E-state index is -0.0831. The number of allylic oxidation sites excluding steroid dienone is 2. The van der Waals surface area contributed by atoms with Crippen LogP contribution in [0, 0.1) is 5.92 Å². The van der Waals surface area contributed by atoms with Gasteiger partial charge in [0.1, 0.15) is 0 Å². The van der Waals surface area contributed by atoms with Crippen LogP contribution < -0.4 is 5.48 Å². The van der Waals surface area contributed by atoms with Gasteiger partial charge in [0.2, 0.25) is 0 Å². The largest absolute Gasteiger partial charge is 0.294 e. The van der Waals surface area contributed by atoms with Gasteiger partial charge < -0.3 is 0 Å². The van der Waals surface area contributed by atoms with Crippen molar-refractivity contribution in [1.82, 2.24) is 5.48 Å². The average Bonchev–Trinajstić information content (AvgIpc) is 2.25. The van der Waals surface area contributed by atoms with E-state index in [4.69, 9.17) is 4.84 Å². The summed E-state index contributed by atoms with van der Waals surface area (Å²) in [5, 5.41) is 0. The molecule has 1 fully saturated rings. The summed E-state index contributed by atoms with van der Waals surface area (Å²) >= 11 is 0. The summed E-state index contributed by atoms with van der Waals surface area (Å²) in [5.41, 5.74) is 3.55. The van der Waals surface area contributed by atoms with E-state index in [9.17, 15) is 9.59 Å². The molecule has 0 saturated heterocycles. The molecule has 0 aromatic heterocycles. The van der Waals surface area contributed by atoms with Crippen LogP contribution in [0.25, 0.3) is 0 Å². The van der Waals surface area contributed by atoms with Crippen molar-refractivity contribution in [3.63, 3.8) is 0 Å². The fourth-order valence-corrected chi connectivity index (χ4v) is 1.89. The van der Waals surface area contributed by atoms with E-state index < -0.39 is 0 Å². The molecular weight excluding hydrogens is 218 g/mol. The maximum atomic E-state index is 11.9. The molecule has 0 spiro atoms. The van der Waals surface area contributed by atoms with Crippen LogP contribution in [0.1, 0.15) is 33.1 Å². The highest BCUT2D eigenvalue weighted by Gasteiger charge is 2.30. The van der Waals surface area contributed by atoms with Crippen molar-refractivity contribution in [2.75, 3.05) is 6.61 Å². The van der Waals surface area contributed by atoms with E-state index in [2.05, 4.69) is 12.1 Å². The zero-order chi connectivity index (χ0) is 12.8. The third-order valence-corrected chi connectivity index (χ3v) is 2.68. The second kappa shape index (κ2) is 6.35. The molecule has 94 valence electrons. The van der Waals surface area contributed by atoms with Gasteiger partial charge in [-0.05, 0) is 12.3 Å². The predicted molar refractivity (Wildman–Crippen MR) is 65.0 cm³/mol. The van der Waals surface area contributed by atoms with Gasteiger partial charge in [-0.2, -0.15) is 0 Å². The Kier molecular flexibility index (Phi) is 5.10. The molecule has 0 amide bonds. The Bertz CT molecular complexity index is 338. The SMILES string of the molecule is C=CCONC(CC)=C1C(=O)CC(C)CC1=O. The van der Waals surface area contributed by atoms with Gasteiger partial charge in [0.05, 0.1) is 17.9 Å². The Morgan fingerprint density at radius 2 is 2.06 bits per heavy atom. The predicted octanol–water partition coefficient (Wildman–Crippen LogP) is 1.93. The molecule has 0 atom stereocenters. The summed E-state index contributed by atoms with van der Waals surface area (Å²) in [6.45, 7) is 7.65. The van der Waals surface area contributed by atoms with Crippen molar-refractivity contribution in [2.45, 2.75) is 33.1 Å². The zero-order valence-corrected chi connectivity index (χ0v) is 10.4. The second-order valence-electron chi connectivity index (χ2n) is 4.27. The average molecular weight is 237 g/mol. The summed E-state index contributed by atoms with van der Waals surface area (Å²) in [6.07, 6.45) is 3.04. The summed E-state index contributed by atoms with van der Waals surface area (Å²) < 4.78 is 0. The Balaban J connectivity index is 2.85. The molecule has 0 aliphatic heterocycles. The monoisotopic (exact) mass is 237 g/mol. The van der Waals surface area contributed by atoms with Crippen molar-refractivity contribution in [1.29, 1.82) is 0 Å². The van der Waals surface area contributed by atoms with Crippen LogP contribution in [0.4, 0.5) is 0 Å². The second-order valence-corrected chi connectivity index (χ2v) is 4.27. The van der Waals surface area contributed by atoms with Gasteiger partial charge in [0.25, 0.3) is 0 Å². The van der Waals surface area contributed by atoms with E-state index in [0.717, 1.165) is 0 Å². The molecule has 1 N–H and O–H groups in total. The minimum Gasteiger partial charge on any atom is -0.294 e. The Labute approximate surface area is 102 Å². The first-order chi connectivity index (χ1) is 8.10. The molecule has 1 aliphatic rings. The third kappa shape index (κ3) is 3.53. The maximum absolute atomic E-state index is 11.9. The number of ketones is 2. The Morgan fingerprint density at radius 3 is 2.53 bits per heavy atom. The molecule has 0 heterocycles.